The van der Waals surface area contributed by atoms with Gasteiger partial charge < -0.3 is 77.8 Å². The number of ether oxygens (including phenoxy) is 4. The maximum Gasteiger partial charge on any atom is 0.407 e. The number of nitrogens with one attached hydrogen (secondary N) is 4. The zero-order valence-corrected chi connectivity index (χ0v) is 55.3. The van der Waals surface area contributed by atoms with Crippen molar-refractivity contribution >= 4 is 49.4 Å². The number of rotatable bonds is 47. The lowest BCUT2D eigenvalue weighted by Gasteiger charge is -2.38. The summed E-state index contributed by atoms with van der Waals surface area (Å²) in [6, 6.07) is 2.02. The second-order valence-electron chi connectivity index (χ2n) is 22.8. The number of amides is 6. The van der Waals surface area contributed by atoms with Crippen molar-refractivity contribution in [3.05, 3.63) is 0 Å². The van der Waals surface area contributed by atoms with Crippen molar-refractivity contribution in [2.24, 2.45) is 0 Å². The van der Waals surface area contributed by atoms with Crippen molar-refractivity contribution in [2.45, 2.75) is 155 Å². The third-order valence-electron chi connectivity index (χ3n) is 12.1. The van der Waals surface area contributed by atoms with Gasteiger partial charge in [0.2, 0.25) is 0 Å². The maximum atomic E-state index is 12.8. The van der Waals surface area contributed by atoms with Crippen LogP contribution in [-0.4, -0.2) is 253 Å². The Morgan fingerprint density at radius 3 is 1.05 bits per heavy atom. The van der Waals surface area contributed by atoms with Crippen LogP contribution in [0, 0.1) is 0 Å². The van der Waals surface area contributed by atoms with Crippen LogP contribution in [-0.2, 0) is 27.2 Å². The van der Waals surface area contributed by atoms with Gasteiger partial charge in [-0.15, -0.1) is 0 Å². The Morgan fingerprint density at radius 2 is 0.714 bits per heavy atom. The molecular weight excluding hydrogens is 1030 g/mol. The van der Waals surface area contributed by atoms with Crippen LogP contribution in [0.4, 0.5) is 19.2 Å². The number of unbranched alkanes of at least 4 members (excludes halogenated alkanes) is 6. The molecule has 6 amide bonds. The third-order valence-corrected chi connectivity index (χ3v) is 23.6. The van der Waals surface area contributed by atoms with E-state index in [1.54, 1.807) is 0 Å². The van der Waals surface area contributed by atoms with E-state index >= 15 is 0 Å². The number of carbonyl (C=O) groups is 4. The molecule has 0 aliphatic rings. The Balaban J connectivity index is 0. The quantitative estimate of drug-likeness (QED) is 0.0336. The van der Waals surface area contributed by atoms with Crippen LogP contribution in [0.15, 0.2) is 0 Å². The summed E-state index contributed by atoms with van der Waals surface area (Å²) in [5.74, 6) is 0. The van der Waals surface area contributed by atoms with Crippen molar-refractivity contribution < 1.29 is 46.4 Å². The summed E-state index contributed by atoms with van der Waals surface area (Å²) in [5, 5.41) is 11.6. The molecule has 0 unspecified atom stereocenters. The molecule has 0 radical (unpaired) electrons. The van der Waals surface area contributed by atoms with Crippen molar-refractivity contribution in [2.75, 3.05) is 175 Å². The summed E-state index contributed by atoms with van der Waals surface area (Å²) in [6.45, 7) is 29.5. The summed E-state index contributed by atoms with van der Waals surface area (Å²) in [6.07, 6.45) is 13.1. The molecule has 0 fully saturated rings. The van der Waals surface area contributed by atoms with E-state index in [0.717, 1.165) is 141 Å². The summed E-state index contributed by atoms with van der Waals surface area (Å²) in [4.78, 5) is 60.9. The second-order valence-corrected chi connectivity index (χ2v) is 35.3. The van der Waals surface area contributed by atoms with E-state index < -0.39 is 31.3 Å². The monoisotopic (exact) mass is 1150 g/mol. The van der Waals surface area contributed by atoms with Crippen LogP contribution in [0.25, 0.3) is 0 Å². The molecular formula is C54H120N10O10Si3. The van der Waals surface area contributed by atoms with Gasteiger partial charge in [0.05, 0.1) is 13.2 Å². The molecule has 0 atom stereocenters. The second kappa shape index (κ2) is 48.1. The lowest BCUT2D eigenvalue weighted by molar-refractivity contribution is 0.0727. The highest BCUT2D eigenvalue weighted by Gasteiger charge is 2.39. The number of alkyl carbamates (subject to hydrolysis) is 2. The van der Waals surface area contributed by atoms with Gasteiger partial charge >= 0.3 is 32.8 Å². The molecule has 458 valence electrons. The zero-order chi connectivity index (χ0) is 58.4. The van der Waals surface area contributed by atoms with E-state index in [0.29, 0.717) is 52.6 Å². The molecule has 20 nitrogen and oxygen atoms in total. The molecule has 77 heavy (non-hydrogen) atoms. The first-order valence-corrected chi connectivity index (χ1v) is 38.4. The fourth-order valence-corrected chi connectivity index (χ4v) is 22.4. The van der Waals surface area contributed by atoms with E-state index in [9.17, 15) is 19.2 Å². The van der Waals surface area contributed by atoms with Crippen molar-refractivity contribution in [3.63, 3.8) is 0 Å². The minimum atomic E-state index is -2.33. The highest BCUT2D eigenvalue weighted by molar-refractivity contribution is 6.87. The van der Waals surface area contributed by atoms with Gasteiger partial charge in [-0.3, -0.25) is 0 Å². The normalized spacial score (nSPS) is 11.9. The van der Waals surface area contributed by atoms with E-state index in [2.05, 4.69) is 143 Å². The molecule has 0 aliphatic carbocycles. The number of urea groups is 2. The Hall–Kier alpha value is -2.59. The largest absolute Gasteiger partial charge is 0.447 e. The molecule has 0 spiro atoms. The van der Waals surface area contributed by atoms with Gasteiger partial charge in [-0.1, -0.05) is 39.0 Å². The van der Waals surface area contributed by atoms with Gasteiger partial charge in [0.15, 0.2) is 16.6 Å². The average Bonchev–Trinajstić information content (AvgIpc) is 3.32. The lowest BCUT2D eigenvalue weighted by atomic mass is 10.2. The van der Waals surface area contributed by atoms with Gasteiger partial charge in [0.1, 0.15) is 13.2 Å². The third kappa shape index (κ3) is 52.5. The maximum absolute atomic E-state index is 12.8. The molecule has 0 saturated heterocycles. The highest BCUT2D eigenvalue weighted by Crippen LogP contribution is 2.26. The molecule has 0 aromatic rings. The SMILES string of the molecule is CCCCCCNC(=O)OCCOCCC[Si](C)(C)O[Si](C)(C)O[Si](C)(C)CCCOCCOC(=O)NCCCCCCNC(=O)N(CCCN(C)C)CCCN(C)C.CCNC(=O)N(CCCN(C)C)CCCN(C)C. The van der Waals surface area contributed by atoms with Crippen LogP contribution in [0.5, 0.6) is 0 Å². The number of hydrogen-bond donors (Lipinski definition) is 4. The standard InChI is InChI=1S/C41H90N6O9Si3.C13H30N4O/c1-12-13-14-17-25-43-40(49)53-35-33-51-31-22-37-57(6,7)55-59(10,11)56-58(8,9)38-23-32-52-34-36-54-41(50)44-26-19-16-15-18-24-42-39(48)47(29-20-27-45(2)3)30-21-28-46(4)5;1-6-14-13(18)17(11-7-9-15(2)3)12-8-10-16(4)5/h12-38H2,1-11H3,(H,42,48)(H,43,49)(H,44,50);6-12H2,1-5H3,(H,14,18). The number of hydrogen-bond acceptors (Lipinski definition) is 14. The number of nitrogens with zero attached hydrogens (tertiary/aromatic N) is 6. The Morgan fingerprint density at radius 1 is 0.377 bits per heavy atom. The van der Waals surface area contributed by atoms with E-state index in [1.165, 1.54) is 12.8 Å². The molecule has 23 heteroatoms. The average molecular weight is 1150 g/mol. The Kier molecular flexibility index (Phi) is 47.8. The molecule has 0 aromatic carbocycles. The van der Waals surface area contributed by atoms with E-state index in [1.807, 2.05) is 16.7 Å². The topological polar surface area (TPSA) is 191 Å². The molecule has 0 bridgehead atoms. The highest BCUT2D eigenvalue weighted by atomic mass is 28.5. The van der Waals surface area contributed by atoms with E-state index in [4.69, 9.17) is 27.2 Å². The van der Waals surface area contributed by atoms with E-state index in [-0.39, 0.29) is 31.4 Å². The molecule has 0 aromatic heterocycles. The Labute approximate surface area is 474 Å². The predicted molar refractivity (Wildman–Crippen MR) is 325 cm³/mol. The predicted octanol–water partition coefficient (Wildman–Crippen LogP) is 8.37. The first-order chi connectivity index (χ1) is 36.3. The molecule has 0 heterocycles. The molecule has 0 aliphatic heterocycles. The van der Waals surface area contributed by atoms with Crippen LogP contribution in [0.3, 0.4) is 0 Å². The molecule has 0 saturated carbocycles. The van der Waals surface area contributed by atoms with Crippen LogP contribution in [0.1, 0.15) is 104 Å². The van der Waals surface area contributed by atoms with Gasteiger partial charge in [-0.25, -0.2) is 19.2 Å². The summed E-state index contributed by atoms with van der Waals surface area (Å²) in [5.41, 5.74) is 0. The summed E-state index contributed by atoms with van der Waals surface area (Å²) >= 11 is 0. The number of carbonyl (C=O) groups excluding carboxylic acids is 4. The zero-order valence-electron chi connectivity index (χ0n) is 52.3. The van der Waals surface area contributed by atoms with Crippen molar-refractivity contribution in [3.8, 4) is 0 Å². The van der Waals surface area contributed by atoms with Gasteiger partial charge in [0.25, 0.3) is 0 Å². The van der Waals surface area contributed by atoms with Crippen LogP contribution in [0.2, 0.25) is 51.4 Å². The fraction of sp³-hybridized carbons (Fsp3) is 0.926. The fourth-order valence-electron chi connectivity index (χ4n) is 8.39. The summed E-state index contributed by atoms with van der Waals surface area (Å²) < 4.78 is 35.4. The smallest absolute Gasteiger partial charge is 0.407 e. The van der Waals surface area contributed by atoms with Gasteiger partial charge in [-0.2, -0.15) is 0 Å². The molecule has 4 N–H and O–H groups in total. The molecule has 0 rings (SSSR count). The van der Waals surface area contributed by atoms with Crippen LogP contribution >= 0.6 is 0 Å². The van der Waals surface area contributed by atoms with Crippen LogP contribution < -0.4 is 21.3 Å². The summed E-state index contributed by atoms with van der Waals surface area (Å²) in [7, 11) is 10.2. The first-order valence-electron chi connectivity index (χ1n) is 29.4. The van der Waals surface area contributed by atoms with Gasteiger partial charge in [-0.05, 0) is 199 Å². The first kappa shape index (κ1) is 76.5. The van der Waals surface area contributed by atoms with Crippen molar-refractivity contribution in [1.29, 1.82) is 0 Å². The minimum Gasteiger partial charge on any atom is -0.447 e. The minimum absolute atomic E-state index is 0.0227. The lowest BCUT2D eigenvalue weighted by Crippen LogP contribution is -2.52. The Bertz CT molecular complexity index is 1430. The van der Waals surface area contributed by atoms with Gasteiger partial charge in [0, 0.05) is 65.6 Å². The van der Waals surface area contributed by atoms with Crippen molar-refractivity contribution in [1.82, 2.24) is 50.7 Å².